The summed E-state index contributed by atoms with van der Waals surface area (Å²) < 4.78 is 0. The van der Waals surface area contributed by atoms with E-state index in [4.69, 9.17) is 11.6 Å². The summed E-state index contributed by atoms with van der Waals surface area (Å²) in [5, 5.41) is 0.572. The molecule has 114 valence electrons. The topological polar surface area (TPSA) is 46.1 Å². The molecule has 0 aliphatic heterocycles. The van der Waals surface area contributed by atoms with Crippen LogP contribution in [0.2, 0.25) is 5.02 Å². The van der Waals surface area contributed by atoms with E-state index in [2.05, 4.69) is 9.97 Å². The summed E-state index contributed by atoms with van der Waals surface area (Å²) >= 11 is 6.07. The van der Waals surface area contributed by atoms with Gasteiger partial charge in [-0.05, 0) is 42.5 Å². The van der Waals surface area contributed by atoms with Gasteiger partial charge in [0.2, 0.25) is 0 Å². The molecule has 0 N–H and O–H groups in total. The summed E-state index contributed by atoms with van der Waals surface area (Å²) in [5.41, 5.74) is 1.87. The number of aromatic nitrogens is 2. The van der Waals surface area contributed by atoms with Gasteiger partial charge < -0.3 is 4.90 Å². The number of hydrogen-bond donors (Lipinski definition) is 0. The highest BCUT2D eigenvalue weighted by molar-refractivity contribution is 6.31. The Balaban J connectivity index is 1.98. The number of nitrogens with zero attached hydrogens (tertiary/aromatic N) is 3. The van der Waals surface area contributed by atoms with Crippen LogP contribution in [-0.4, -0.2) is 15.9 Å². The Morgan fingerprint density at radius 1 is 0.957 bits per heavy atom. The van der Waals surface area contributed by atoms with Crippen LogP contribution in [0.3, 0.4) is 0 Å². The van der Waals surface area contributed by atoms with Crippen LogP contribution in [0.15, 0.2) is 73.1 Å². The standard InChI is InChI=1S/C18H14ClN3O/c19-14-6-5-8-16(12-14)22(13-15-7-1-3-10-20-15)18(23)17-9-2-4-11-21-17/h1-12H,13H2. The highest BCUT2D eigenvalue weighted by Gasteiger charge is 2.19. The maximum Gasteiger partial charge on any atom is 0.277 e. The zero-order valence-corrected chi connectivity index (χ0v) is 13.0. The molecule has 0 aliphatic rings. The predicted molar refractivity (Wildman–Crippen MR) is 90.4 cm³/mol. The fraction of sp³-hybridized carbons (Fsp3) is 0.0556. The molecule has 0 bridgehead atoms. The van der Waals surface area contributed by atoms with Gasteiger partial charge in [0.1, 0.15) is 5.69 Å². The number of pyridine rings is 2. The van der Waals surface area contributed by atoms with Crippen LogP contribution >= 0.6 is 11.6 Å². The molecule has 0 unspecified atom stereocenters. The van der Waals surface area contributed by atoms with E-state index in [0.717, 1.165) is 5.69 Å². The molecule has 0 aliphatic carbocycles. The summed E-state index contributed by atoms with van der Waals surface area (Å²) in [4.78, 5) is 22.9. The predicted octanol–water partition coefficient (Wildman–Crippen LogP) is 3.98. The highest BCUT2D eigenvalue weighted by atomic mass is 35.5. The highest BCUT2D eigenvalue weighted by Crippen LogP contribution is 2.22. The lowest BCUT2D eigenvalue weighted by atomic mass is 10.2. The van der Waals surface area contributed by atoms with Crippen molar-refractivity contribution in [3.63, 3.8) is 0 Å². The van der Waals surface area contributed by atoms with Crippen LogP contribution in [0, 0.1) is 0 Å². The fourth-order valence-corrected chi connectivity index (χ4v) is 2.39. The minimum absolute atomic E-state index is 0.196. The number of carbonyl (C=O) groups is 1. The van der Waals surface area contributed by atoms with E-state index in [0.29, 0.717) is 22.9 Å². The second kappa shape index (κ2) is 7.03. The normalized spacial score (nSPS) is 10.3. The van der Waals surface area contributed by atoms with E-state index in [1.807, 2.05) is 30.3 Å². The summed E-state index contributed by atoms with van der Waals surface area (Å²) in [6, 6.07) is 18.1. The van der Waals surface area contributed by atoms with E-state index in [1.54, 1.807) is 47.6 Å². The lowest BCUT2D eigenvalue weighted by Crippen LogP contribution is -2.31. The number of benzene rings is 1. The first-order chi connectivity index (χ1) is 11.2. The van der Waals surface area contributed by atoms with Crippen LogP contribution in [0.25, 0.3) is 0 Å². The molecule has 0 saturated heterocycles. The first kappa shape index (κ1) is 15.2. The molecule has 0 radical (unpaired) electrons. The number of rotatable bonds is 4. The minimum Gasteiger partial charge on any atom is -0.301 e. The van der Waals surface area contributed by atoms with Gasteiger partial charge in [-0.3, -0.25) is 14.8 Å². The Hall–Kier alpha value is -2.72. The summed E-state index contributed by atoms with van der Waals surface area (Å²) in [6.07, 6.45) is 3.31. The summed E-state index contributed by atoms with van der Waals surface area (Å²) in [6.45, 7) is 0.344. The van der Waals surface area contributed by atoms with E-state index in [1.165, 1.54) is 0 Å². The minimum atomic E-state index is -0.196. The van der Waals surface area contributed by atoms with E-state index < -0.39 is 0 Å². The fourth-order valence-electron chi connectivity index (χ4n) is 2.21. The van der Waals surface area contributed by atoms with E-state index >= 15 is 0 Å². The first-order valence-corrected chi connectivity index (χ1v) is 7.50. The Bertz CT molecular complexity index is 794. The smallest absolute Gasteiger partial charge is 0.277 e. The van der Waals surface area contributed by atoms with Crippen molar-refractivity contribution in [2.75, 3.05) is 4.90 Å². The lowest BCUT2D eigenvalue weighted by molar-refractivity contribution is 0.0980. The van der Waals surface area contributed by atoms with Crippen molar-refractivity contribution < 1.29 is 4.79 Å². The number of halogens is 1. The zero-order valence-electron chi connectivity index (χ0n) is 12.3. The molecule has 4 nitrogen and oxygen atoms in total. The summed E-state index contributed by atoms with van der Waals surface area (Å²) in [7, 11) is 0. The molecule has 2 heterocycles. The average Bonchev–Trinajstić information content (AvgIpc) is 2.61. The molecule has 0 saturated carbocycles. The molecular formula is C18H14ClN3O. The average molecular weight is 324 g/mol. The van der Waals surface area contributed by atoms with Gasteiger partial charge in [-0.15, -0.1) is 0 Å². The van der Waals surface area contributed by atoms with Gasteiger partial charge in [0, 0.05) is 23.1 Å². The number of amides is 1. The number of anilines is 1. The van der Waals surface area contributed by atoms with Crippen molar-refractivity contribution >= 4 is 23.2 Å². The number of hydrogen-bond acceptors (Lipinski definition) is 3. The van der Waals surface area contributed by atoms with E-state index in [9.17, 15) is 4.79 Å². The number of carbonyl (C=O) groups excluding carboxylic acids is 1. The van der Waals surface area contributed by atoms with Gasteiger partial charge in [-0.25, -0.2) is 0 Å². The maximum atomic E-state index is 12.9. The molecule has 5 heteroatoms. The Kier molecular flexibility index (Phi) is 4.64. The van der Waals surface area contributed by atoms with Crippen LogP contribution in [0.5, 0.6) is 0 Å². The largest absolute Gasteiger partial charge is 0.301 e. The maximum absolute atomic E-state index is 12.9. The second-order valence-electron chi connectivity index (χ2n) is 4.91. The molecular weight excluding hydrogens is 310 g/mol. The molecule has 3 aromatic rings. The van der Waals surface area contributed by atoms with Crippen LogP contribution in [-0.2, 0) is 6.54 Å². The lowest BCUT2D eigenvalue weighted by Gasteiger charge is -2.22. The molecule has 1 amide bonds. The van der Waals surface area contributed by atoms with Crippen molar-refractivity contribution in [3.05, 3.63) is 89.5 Å². The third-order valence-corrected chi connectivity index (χ3v) is 3.53. The second-order valence-corrected chi connectivity index (χ2v) is 5.34. The molecule has 3 rings (SSSR count). The third-order valence-electron chi connectivity index (χ3n) is 3.30. The van der Waals surface area contributed by atoms with Crippen LogP contribution in [0.4, 0.5) is 5.69 Å². The SMILES string of the molecule is O=C(c1ccccn1)N(Cc1ccccn1)c1cccc(Cl)c1. The molecule has 0 atom stereocenters. The van der Waals surface area contributed by atoms with Crippen molar-refractivity contribution in [2.45, 2.75) is 6.54 Å². The van der Waals surface area contributed by atoms with Gasteiger partial charge in [0.15, 0.2) is 0 Å². The van der Waals surface area contributed by atoms with Gasteiger partial charge in [0.25, 0.3) is 5.91 Å². The van der Waals surface area contributed by atoms with Crippen molar-refractivity contribution in [1.82, 2.24) is 9.97 Å². The van der Waals surface area contributed by atoms with Crippen LogP contribution < -0.4 is 4.90 Å². The van der Waals surface area contributed by atoms with Gasteiger partial charge in [-0.2, -0.15) is 0 Å². The third kappa shape index (κ3) is 3.73. The first-order valence-electron chi connectivity index (χ1n) is 7.12. The van der Waals surface area contributed by atoms with Crippen molar-refractivity contribution in [3.8, 4) is 0 Å². The summed E-state index contributed by atoms with van der Waals surface area (Å²) in [5.74, 6) is -0.196. The molecule has 1 aromatic carbocycles. The Labute approximate surface area is 139 Å². The van der Waals surface area contributed by atoms with Crippen molar-refractivity contribution in [2.24, 2.45) is 0 Å². The molecule has 0 fully saturated rings. The van der Waals surface area contributed by atoms with E-state index in [-0.39, 0.29) is 5.91 Å². The zero-order chi connectivity index (χ0) is 16.1. The van der Waals surface area contributed by atoms with Gasteiger partial charge in [0.05, 0.1) is 12.2 Å². The van der Waals surface area contributed by atoms with Gasteiger partial charge in [-0.1, -0.05) is 29.8 Å². The quantitative estimate of drug-likeness (QED) is 0.729. The Morgan fingerprint density at radius 3 is 2.39 bits per heavy atom. The molecule has 2 aromatic heterocycles. The monoisotopic (exact) mass is 323 g/mol. The molecule has 0 spiro atoms. The molecule has 23 heavy (non-hydrogen) atoms. The van der Waals surface area contributed by atoms with Crippen LogP contribution in [0.1, 0.15) is 16.2 Å². The Morgan fingerprint density at radius 2 is 1.74 bits per heavy atom. The van der Waals surface area contributed by atoms with Gasteiger partial charge >= 0.3 is 0 Å². The van der Waals surface area contributed by atoms with Crippen molar-refractivity contribution in [1.29, 1.82) is 0 Å².